The molecule has 12 nitrogen and oxygen atoms in total. The van der Waals surface area contributed by atoms with Gasteiger partial charge in [-0.15, -0.1) is 11.3 Å². The highest BCUT2D eigenvalue weighted by molar-refractivity contribution is 7.14. The van der Waals surface area contributed by atoms with Crippen molar-refractivity contribution in [3.8, 4) is 11.1 Å². The average molecular weight is 644 g/mol. The molecule has 1 saturated heterocycles. The van der Waals surface area contributed by atoms with E-state index >= 15 is 0 Å². The predicted octanol–water partition coefficient (Wildman–Crippen LogP) is 3.70. The Bertz CT molecular complexity index is 1770. The van der Waals surface area contributed by atoms with Gasteiger partial charge in [0.2, 0.25) is 10.9 Å². The second-order valence-corrected chi connectivity index (χ2v) is 11.7. The normalized spacial score (nSPS) is 21.7. The van der Waals surface area contributed by atoms with Gasteiger partial charge in [0.25, 0.3) is 0 Å². The van der Waals surface area contributed by atoms with Crippen LogP contribution in [0.2, 0.25) is 9.75 Å². The van der Waals surface area contributed by atoms with E-state index in [2.05, 4.69) is 19.9 Å². The minimum Gasteiger partial charge on any atom is -0.479 e. The molecular weight excluding hydrogens is 619 g/mol. The molecule has 5 aromatic rings. The fourth-order valence-electron chi connectivity index (χ4n) is 5.05. The zero-order chi connectivity index (χ0) is 30.3. The number of carboxylic acid groups (broad SMARTS) is 1. The van der Waals surface area contributed by atoms with Crippen molar-refractivity contribution in [2.24, 2.45) is 0 Å². The van der Waals surface area contributed by atoms with Gasteiger partial charge in [-0.05, 0) is 28.3 Å². The standard InChI is InChI=1S/C28H24Cl2N6O6S/c29-26-34-22(31)19-23(35-26)36(13-32-19)24-21(38)20(37)17(42-24)11-41-28(25(39)40,18-12-43-27(30)33-18)10-14-6-8-16(9-7-14)15-4-2-1-3-5-15/h1-9,12-13,17,20-21,24,37-38H,10-11H2,(H,39,40)(H2,31,34,35)/t17-,20-,21-,24-,28?/m1/s1. The van der Waals surface area contributed by atoms with E-state index in [1.807, 2.05) is 54.6 Å². The zero-order valence-electron chi connectivity index (χ0n) is 22.1. The van der Waals surface area contributed by atoms with E-state index in [0.717, 1.165) is 22.5 Å². The van der Waals surface area contributed by atoms with E-state index in [9.17, 15) is 20.1 Å². The van der Waals surface area contributed by atoms with E-state index in [4.69, 9.17) is 38.4 Å². The van der Waals surface area contributed by atoms with Crippen LogP contribution >= 0.6 is 34.5 Å². The lowest BCUT2D eigenvalue weighted by Gasteiger charge is -2.30. The summed E-state index contributed by atoms with van der Waals surface area (Å²) in [5.74, 6) is -1.28. The van der Waals surface area contributed by atoms with Gasteiger partial charge in [0.05, 0.1) is 18.6 Å². The monoisotopic (exact) mass is 642 g/mol. The number of imidazole rings is 1. The maximum absolute atomic E-state index is 12.9. The smallest absolute Gasteiger partial charge is 0.342 e. The number of anilines is 1. The number of ether oxygens (including phenoxy) is 2. The topological polar surface area (TPSA) is 179 Å². The number of nitrogens with zero attached hydrogens (tertiary/aromatic N) is 5. The molecule has 4 heterocycles. The molecule has 1 aliphatic heterocycles. The number of nitrogen functional groups attached to an aromatic ring is 1. The molecule has 1 fully saturated rings. The van der Waals surface area contributed by atoms with Crippen LogP contribution in [0.25, 0.3) is 22.3 Å². The number of aliphatic hydroxyl groups excluding tert-OH is 2. The predicted molar refractivity (Wildman–Crippen MR) is 159 cm³/mol. The number of nitrogens with two attached hydrogens (primary N) is 1. The molecule has 2 aromatic carbocycles. The van der Waals surface area contributed by atoms with E-state index in [0.29, 0.717) is 5.56 Å². The summed E-state index contributed by atoms with van der Waals surface area (Å²) in [7, 11) is 0. The van der Waals surface area contributed by atoms with Gasteiger partial charge in [-0.1, -0.05) is 66.2 Å². The molecule has 1 aliphatic rings. The minimum absolute atomic E-state index is 0.0339. The molecule has 0 aliphatic carbocycles. The number of carboxylic acids is 1. The van der Waals surface area contributed by atoms with Crippen molar-refractivity contribution in [1.82, 2.24) is 24.5 Å². The first-order valence-corrected chi connectivity index (χ1v) is 14.6. The van der Waals surface area contributed by atoms with Crippen LogP contribution in [0.3, 0.4) is 0 Å². The Kier molecular flexibility index (Phi) is 8.04. The SMILES string of the molecule is Nc1nc(Cl)nc2c1ncn2[C@@H]1O[C@H](COC(Cc2ccc(-c3ccccc3)cc2)(C(=O)O)c2csc(Cl)n2)[C@@H](O)[C@H]1O. The average Bonchev–Trinajstić information content (AvgIpc) is 3.70. The van der Waals surface area contributed by atoms with Crippen molar-refractivity contribution in [3.05, 3.63) is 87.3 Å². The van der Waals surface area contributed by atoms with Crippen molar-refractivity contribution in [3.63, 3.8) is 0 Å². The van der Waals surface area contributed by atoms with Gasteiger partial charge >= 0.3 is 5.97 Å². The molecule has 0 saturated carbocycles. The van der Waals surface area contributed by atoms with Crippen LogP contribution in [-0.2, 0) is 26.3 Å². The highest BCUT2D eigenvalue weighted by atomic mass is 35.5. The van der Waals surface area contributed by atoms with Crippen LogP contribution in [0.1, 0.15) is 17.5 Å². The number of aliphatic hydroxyl groups is 2. The van der Waals surface area contributed by atoms with Crippen LogP contribution in [0.15, 0.2) is 66.3 Å². The molecule has 15 heteroatoms. The van der Waals surface area contributed by atoms with Gasteiger partial charge in [-0.3, -0.25) is 4.57 Å². The van der Waals surface area contributed by atoms with Crippen molar-refractivity contribution in [1.29, 1.82) is 0 Å². The summed E-state index contributed by atoms with van der Waals surface area (Å²) in [5, 5.41) is 33.7. The van der Waals surface area contributed by atoms with Crippen LogP contribution in [0.5, 0.6) is 0 Å². The summed E-state index contributed by atoms with van der Waals surface area (Å²) < 4.78 is 13.6. The Morgan fingerprint density at radius 1 is 1.05 bits per heavy atom. The molecule has 5 atom stereocenters. The summed E-state index contributed by atoms with van der Waals surface area (Å²) in [6, 6.07) is 17.2. The summed E-state index contributed by atoms with van der Waals surface area (Å²) in [6.07, 6.45) is -3.97. The van der Waals surface area contributed by atoms with Crippen molar-refractivity contribution >= 4 is 57.5 Å². The fourth-order valence-corrected chi connectivity index (χ4v) is 6.05. The Labute approximate surface area is 258 Å². The largest absolute Gasteiger partial charge is 0.479 e. The number of hydrogen-bond donors (Lipinski definition) is 4. The van der Waals surface area contributed by atoms with Crippen molar-refractivity contribution in [2.75, 3.05) is 12.3 Å². The number of aliphatic carboxylic acids is 1. The number of carbonyl (C=O) groups is 1. The maximum atomic E-state index is 12.9. The fraction of sp³-hybridized carbons (Fsp3) is 0.250. The Hall–Kier alpha value is -3.69. The van der Waals surface area contributed by atoms with Crippen LogP contribution in [-0.4, -0.2) is 70.7 Å². The molecule has 0 radical (unpaired) electrons. The third-order valence-corrected chi connectivity index (χ3v) is 8.42. The Balaban J connectivity index is 1.27. The van der Waals surface area contributed by atoms with Gasteiger partial charge in [-0.2, -0.15) is 9.97 Å². The molecule has 6 rings (SSSR count). The van der Waals surface area contributed by atoms with E-state index in [-0.39, 0.29) is 38.8 Å². The highest BCUT2D eigenvalue weighted by Gasteiger charge is 2.49. The molecule has 1 unspecified atom stereocenters. The van der Waals surface area contributed by atoms with Crippen molar-refractivity contribution in [2.45, 2.75) is 36.6 Å². The van der Waals surface area contributed by atoms with Crippen LogP contribution in [0.4, 0.5) is 5.82 Å². The molecule has 222 valence electrons. The number of fused-ring (bicyclic) bond motifs is 1. The molecule has 43 heavy (non-hydrogen) atoms. The van der Waals surface area contributed by atoms with Crippen LogP contribution in [0, 0.1) is 0 Å². The Morgan fingerprint density at radius 3 is 2.44 bits per heavy atom. The first-order valence-electron chi connectivity index (χ1n) is 13.0. The molecule has 0 spiro atoms. The number of aromatic nitrogens is 5. The number of rotatable bonds is 9. The lowest BCUT2D eigenvalue weighted by atomic mass is 9.90. The molecule has 0 amide bonds. The van der Waals surface area contributed by atoms with Gasteiger partial charge in [0, 0.05) is 11.8 Å². The summed E-state index contributed by atoms with van der Waals surface area (Å²) in [6.45, 7) is -0.414. The first-order chi connectivity index (χ1) is 20.7. The molecular formula is C28H24Cl2N6O6S. The second-order valence-electron chi connectivity index (χ2n) is 9.92. The summed E-state index contributed by atoms with van der Waals surface area (Å²) in [5.41, 5.74) is 7.06. The minimum atomic E-state index is -1.99. The quantitative estimate of drug-likeness (QED) is 0.172. The van der Waals surface area contributed by atoms with Gasteiger partial charge < -0.3 is 30.5 Å². The van der Waals surface area contributed by atoms with E-state index < -0.39 is 42.7 Å². The maximum Gasteiger partial charge on any atom is 0.342 e. The van der Waals surface area contributed by atoms with E-state index in [1.54, 1.807) is 0 Å². The van der Waals surface area contributed by atoms with Gasteiger partial charge in [0.1, 0.15) is 23.8 Å². The zero-order valence-corrected chi connectivity index (χ0v) is 24.4. The third-order valence-electron chi connectivity index (χ3n) is 7.28. The Morgan fingerprint density at radius 2 is 1.77 bits per heavy atom. The third kappa shape index (κ3) is 5.56. The summed E-state index contributed by atoms with van der Waals surface area (Å²) >= 11 is 13.1. The number of benzene rings is 2. The second kappa shape index (κ2) is 11.8. The highest BCUT2D eigenvalue weighted by Crippen LogP contribution is 2.37. The number of thiazole rings is 1. The lowest BCUT2D eigenvalue weighted by molar-refractivity contribution is -0.177. The number of halogens is 2. The van der Waals surface area contributed by atoms with Crippen molar-refractivity contribution < 1.29 is 29.6 Å². The van der Waals surface area contributed by atoms with Gasteiger partial charge in [-0.25, -0.2) is 14.8 Å². The molecule has 3 aromatic heterocycles. The lowest BCUT2D eigenvalue weighted by Crippen LogP contribution is -2.44. The molecule has 5 N–H and O–H groups in total. The first kappa shape index (κ1) is 29.4. The van der Waals surface area contributed by atoms with Gasteiger partial charge in [0.15, 0.2) is 22.2 Å². The number of hydrogen-bond acceptors (Lipinski definition) is 11. The van der Waals surface area contributed by atoms with E-state index in [1.165, 1.54) is 16.3 Å². The van der Waals surface area contributed by atoms with Crippen LogP contribution < -0.4 is 5.73 Å². The summed E-state index contributed by atoms with van der Waals surface area (Å²) in [4.78, 5) is 29.3. The molecule has 0 bridgehead atoms.